The molecule has 1 aromatic heterocycles. The van der Waals surface area contributed by atoms with Gasteiger partial charge in [0, 0.05) is 49.6 Å². The second-order valence-electron chi connectivity index (χ2n) is 8.63. The summed E-state index contributed by atoms with van der Waals surface area (Å²) in [5, 5.41) is 3.93. The van der Waals surface area contributed by atoms with Gasteiger partial charge in [-0.3, -0.25) is 0 Å². The number of hydrogen-bond donors (Lipinski definition) is 1. The zero-order valence-corrected chi connectivity index (χ0v) is 23.1. The molecule has 2 heterocycles. The molecule has 11 heteroatoms. The Morgan fingerprint density at radius 3 is 2.03 bits per heavy atom. The van der Waals surface area contributed by atoms with Gasteiger partial charge in [-0.05, 0) is 26.1 Å². The van der Waals surface area contributed by atoms with Gasteiger partial charge in [0.2, 0.25) is 5.95 Å². The maximum Gasteiger partial charge on any atom is 0.227 e. The van der Waals surface area contributed by atoms with Crippen molar-refractivity contribution in [2.45, 2.75) is 13.0 Å². The van der Waals surface area contributed by atoms with E-state index in [0.717, 1.165) is 43.3 Å². The summed E-state index contributed by atoms with van der Waals surface area (Å²) in [7, 11) is 6.87. The number of ether oxygens (including phenoxy) is 4. The van der Waals surface area contributed by atoms with Crippen LogP contribution in [0.15, 0.2) is 36.7 Å². The Kier molecular flexibility index (Phi) is 8.68. The van der Waals surface area contributed by atoms with Crippen LogP contribution in [0.4, 0.5) is 17.3 Å². The van der Waals surface area contributed by atoms with Crippen molar-refractivity contribution in [2.24, 2.45) is 0 Å². The molecule has 0 bridgehead atoms. The maximum atomic E-state index is 6.51. The molecule has 0 saturated carbocycles. The van der Waals surface area contributed by atoms with Crippen LogP contribution < -0.4 is 29.2 Å². The van der Waals surface area contributed by atoms with Gasteiger partial charge in [0.25, 0.3) is 0 Å². The van der Waals surface area contributed by atoms with Gasteiger partial charge in [-0.15, -0.1) is 0 Å². The van der Waals surface area contributed by atoms with Crippen LogP contribution in [0.25, 0.3) is 0 Å². The number of nitrogens with zero attached hydrogens (tertiary/aromatic N) is 4. The molecular formula is C26H31Cl2N5O4. The van der Waals surface area contributed by atoms with Crippen LogP contribution >= 0.6 is 23.2 Å². The van der Waals surface area contributed by atoms with E-state index in [-0.39, 0.29) is 0 Å². The van der Waals surface area contributed by atoms with Crippen molar-refractivity contribution in [1.82, 2.24) is 14.9 Å². The van der Waals surface area contributed by atoms with Crippen LogP contribution in [0.5, 0.6) is 23.0 Å². The third-order valence-corrected chi connectivity index (χ3v) is 7.01. The molecule has 3 aromatic rings. The number of hydrogen-bond acceptors (Lipinski definition) is 9. The molecule has 4 rings (SSSR count). The van der Waals surface area contributed by atoms with Crippen molar-refractivity contribution in [1.29, 1.82) is 0 Å². The molecule has 1 aliphatic heterocycles. The molecule has 37 heavy (non-hydrogen) atoms. The summed E-state index contributed by atoms with van der Waals surface area (Å²) in [5.74, 6) is 2.56. The van der Waals surface area contributed by atoms with E-state index in [9.17, 15) is 0 Å². The number of halogens is 2. The van der Waals surface area contributed by atoms with Crippen LogP contribution in [0.1, 0.15) is 18.6 Å². The topological polar surface area (TPSA) is 81.2 Å². The highest BCUT2D eigenvalue weighted by Crippen LogP contribution is 2.44. The minimum atomic E-state index is -0.516. The van der Waals surface area contributed by atoms with E-state index in [4.69, 9.17) is 42.1 Å². The predicted octanol–water partition coefficient (Wildman–Crippen LogP) is 5.44. The maximum absolute atomic E-state index is 6.51. The lowest BCUT2D eigenvalue weighted by Gasteiger charge is -2.34. The fourth-order valence-electron chi connectivity index (χ4n) is 4.16. The van der Waals surface area contributed by atoms with Gasteiger partial charge in [0.05, 0.1) is 49.5 Å². The minimum Gasteiger partial charge on any atom is -0.495 e. The quantitative estimate of drug-likeness (QED) is 0.376. The van der Waals surface area contributed by atoms with Crippen molar-refractivity contribution in [2.75, 3.05) is 64.8 Å². The van der Waals surface area contributed by atoms with Gasteiger partial charge >= 0.3 is 0 Å². The van der Waals surface area contributed by atoms with Crippen LogP contribution in [-0.4, -0.2) is 69.4 Å². The number of rotatable bonds is 9. The Balaban J connectivity index is 1.46. The van der Waals surface area contributed by atoms with E-state index in [0.29, 0.717) is 38.8 Å². The lowest BCUT2D eigenvalue weighted by atomic mass is 10.1. The fraction of sp³-hybridized carbons (Fsp3) is 0.385. The van der Waals surface area contributed by atoms with E-state index in [1.165, 1.54) is 14.2 Å². The lowest BCUT2D eigenvalue weighted by molar-refractivity contribution is 0.224. The summed E-state index contributed by atoms with van der Waals surface area (Å²) >= 11 is 13.0. The summed E-state index contributed by atoms with van der Waals surface area (Å²) in [5.41, 5.74) is 2.44. The van der Waals surface area contributed by atoms with E-state index < -0.39 is 6.10 Å². The Bertz CT molecular complexity index is 1190. The van der Waals surface area contributed by atoms with Crippen molar-refractivity contribution in [3.63, 3.8) is 0 Å². The average molecular weight is 548 g/mol. The molecule has 9 nitrogen and oxygen atoms in total. The van der Waals surface area contributed by atoms with Crippen LogP contribution in [-0.2, 0) is 0 Å². The third-order valence-electron chi connectivity index (χ3n) is 6.23. The predicted molar refractivity (Wildman–Crippen MR) is 147 cm³/mol. The van der Waals surface area contributed by atoms with Gasteiger partial charge in [-0.1, -0.05) is 23.2 Å². The molecule has 0 radical (unpaired) electrons. The number of likely N-dealkylation sites (N-methyl/N-ethyl adjacent to an activating group) is 1. The molecule has 1 aliphatic rings. The molecule has 0 spiro atoms. The van der Waals surface area contributed by atoms with E-state index in [2.05, 4.69) is 38.2 Å². The SMILES string of the molecule is COc1cc(Nc2ncc(OC(C)c3c(Cl)c(OC)cc(OC)c3Cl)cn2)ccc1N1CCN(C)CC1. The molecule has 0 aliphatic carbocycles. The first kappa shape index (κ1) is 26.9. The Labute approximate surface area is 227 Å². The van der Waals surface area contributed by atoms with Gasteiger partial charge in [0.15, 0.2) is 5.75 Å². The molecule has 1 N–H and O–H groups in total. The van der Waals surface area contributed by atoms with E-state index in [1.54, 1.807) is 25.6 Å². The van der Waals surface area contributed by atoms with Crippen molar-refractivity contribution in [3.8, 4) is 23.0 Å². The summed E-state index contributed by atoms with van der Waals surface area (Å²) in [6, 6.07) is 7.63. The third kappa shape index (κ3) is 6.06. The molecule has 1 unspecified atom stereocenters. The normalized spacial score (nSPS) is 14.7. The zero-order chi connectivity index (χ0) is 26.5. The van der Waals surface area contributed by atoms with Crippen molar-refractivity contribution in [3.05, 3.63) is 52.3 Å². The van der Waals surface area contributed by atoms with Gasteiger partial charge in [-0.25, -0.2) is 9.97 Å². The van der Waals surface area contributed by atoms with Gasteiger partial charge < -0.3 is 34.1 Å². The molecule has 1 fully saturated rings. The highest BCUT2D eigenvalue weighted by atomic mass is 35.5. The lowest BCUT2D eigenvalue weighted by Crippen LogP contribution is -2.44. The largest absolute Gasteiger partial charge is 0.495 e. The Morgan fingerprint density at radius 2 is 1.46 bits per heavy atom. The zero-order valence-electron chi connectivity index (χ0n) is 21.5. The second kappa shape index (κ2) is 11.9. The van der Waals surface area contributed by atoms with Crippen LogP contribution in [0, 0.1) is 0 Å². The molecular weight excluding hydrogens is 517 g/mol. The fourth-order valence-corrected chi connectivity index (χ4v) is 4.97. The van der Waals surface area contributed by atoms with E-state index >= 15 is 0 Å². The number of methoxy groups -OCH3 is 3. The molecule has 1 atom stereocenters. The smallest absolute Gasteiger partial charge is 0.227 e. The first-order valence-electron chi connectivity index (χ1n) is 11.8. The average Bonchev–Trinajstić information content (AvgIpc) is 2.90. The second-order valence-corrected chi connectivity index (χ2v) is 9.38. The summed E-state index contributed by atoms with van der Waals surface area (Å²) in [6.07, 6.45) is 2.65. The van der Waals surface area contributed by atoms with Crippen molar-refractivity contribution < 1.29 is 18.9 Å². The standard InChI is InChI=1S/C26H31Cl2N5O4/c1-16(23-24(27)21(35-4)13-22(36-5)25(23)28)37-18-14-29-26(30-15-18)31-17-6-7-19(20(12-17)34-3)33-10-8-32(2)9-11-33/h6-7,12-16H,8-11H2,1-5H3,(H,29,30,31). The monoisotopic (exact) mass is 547 g/mol. The number of aromatic nitrogens is 2. The summed E-state index contributed by atoms with van der Waals surface area (Å²) < 4.78 is 22.4. The van der Waals surface area contributed by atoms with Gasteiger partial charge in [-0.2, -0.15) is 0 Å². The highest BCUT2D eigenvalue weighted by Gasteiger charge is 2.23. The Hall–Kier alpha value is -3.14. The summed E-state index contributed by atoms with van der Waals surface area (Å²) in [6.45, 7) is 5.79. The summed E-state index contributed by atoms with van der Waals surface area (Å²) in [4.78, 5) is 13.4. The van der Waals surface area contributed by atoms with Gasteiger partial charge in [0.1, 0.15) is 23.4 Å². The Morgan fingerprint density at radius 1 is 0.865 bits per heavy atom. The minimum absolute atomic E-state index is 0.356. The highest BCUT2D eigenvalue weighted by molar-refractivity contribution is 6.38. The molecule has 0 amide bonds. The van der Waals surface area contributed by atoms with E-state index in [1.807, 2.05) is 19.1 Å². The number of nitrogens with one attached hydrogen (secondary N) is 1. The van der Waals surface area contributed by atoms with Crippen LogP contribution in [0.3, 0.4) is 0 Å². The number of anilines is 3. The molecule has 1 saturated heterocycles. The number of piperazine rings is 1. The first-order chi connectivity index (χ1) is 17.8. The molecule has 2 aromatic carbocycles. The first-order valence-corrected chi connectivity index (χ1v) is 12.6. The number of benzene rings is 2. The van der Waals surface area contributed by atoms with Crippen molar-refractivity contribution >= 4 is 40.5 Å². The molecule has 198 valence electrons. The van der Waals surface area contributed by atoms with Crippen LogP contribution in [0.2, 0.25) is 10.0 Å².